The van der Waals surface area contributed by atoms with Gasteiger partial charge in [0.05, 0.1) is 5.92 Å². The van der Waals surface area contributed by atoms with Crippen LogP contribution in [0.3, 0.4) is 0 Å². The molecule has 0 radical (unpaired) electrons. The van der Waals surface area contributed by atoms with E-state index in [1.165, 1.54) is 0 Å². The molecule has 3 amide bonds. The molecule has 1 heterocycles. The van der Waals surface area contributed by atoms with Crippen molar-refractivity contribution < 1.29 is 9.59 Å². The zero-order valence-corrected chi connectivity index (χ0v) is 13.1. The van der Waals surface area contributed by atoms with Crippen LogP contribution in [0.4, 0.5) is 10.5 Å². The van der Waals surface area contributed by atoms with Gasteiger partial charge in [0.2, 0.25) is 5.91 Å². The van der Waals surface area contributed by atoms with Gasteiger partial charge in [-0.05, 0) is 37.1 Å². The third-order valence-electron chi connectivity index (χ3n) is 3.56. The number of benzene rings is 1. The number of piperidine rings is 1. The van der Waals surface area contributed by atoms with Gasteiger partial charge in [-0.1, -0.05) is 11.6 Å². The van der Waals surface area contributed by atoms with Gasteiger partial charge >= 0.3 is 6.03 Å². The molecule has 0 aliphatic carbocycles. The molecule has 0 saturated carbocycles. The normalized spacial score (nSPS) is 18.2. The summed E-state index contributed by atoms with van der Waals surface area (Å²) in [5.41, 5.74) is 0.723. The van der Waals surface area contributed by atoms with Crippen molar-refractivity contribution in [2.75, 3.05) is 32.5 Å². The van der Waals surface area contributed by atoms with Crippen LogP contribution < -0.4 is 5.32 Å². The molecular formula is C15H20ClN3O2. The number of carbonyl (C=O) groups is 2. The zero-order valence-electron chi connectivity index (χ0n) is 12.3. The van der Waals surface area contributed by atoms with E-state index < -0.39 is 0 Å². The van der Waals surface area contributed by atoms with Crippen molar-refractivity contribution in [3.8, 4) is 0 Å². The summed E-state index contributed by atoms with van der Waals surface area (Å²) in [5.74, 6) is -0.216. The van der Waals surface area contributed by atoms with Gasteiger partial charge in [-0.3, -0.25) is 4.79 Å². The molecule has 2 rings (SSSR count). The van der Waals surface area contributed by atoms with Crippen LogP contribution in [0, 0.1) is 5.92 Å². The fourth-order valence-corrected chi connectivity index (χ4v) is 2.55. The highest BCUT2D eigenvalue weighted by atomic mass is 35.5. The van der Waals surface area contributed by atoms with Gasteiger partial charge in [0.15, 0.2) is 0 Å². The second kappa shape index (κ2) is 6.80. The Kier molecular flexibility index (Phi) is 5.07. The van der Waals surface area contributed by atoms with Crippen LogP contribution in [-0.4, -0.2) is 48.9 Å². The van der Waals surface area contributed by atoms with E-state index in [0.717, 1.165) is 18.5 Å². The average Bonchev–Trinajstić information content (AvgIpc) is 2.48. The Morgan fingerprint density at radius 1 is 1.29 bits per heavy atom. The van der Waals surface area contributed by atoms with E-state index in [2.05, 4.69) is 5.32 Å². The lowest BCUT2D eigenvalue weighted by Gasteiger charge is -2.33. The molecule has 1 saturated heterocycles. The monoisotopic (exact) mass is 309 g/mol. The van der Waals surface area contributed by atoms with Crippen LogP contribution in [0.2, 0.25) is 5.02 Å². The topological polar surface area (TPSA) is 52.7 Å². The predicted molar refractivity (Wildman–Crippen MR) is 83.5 cm³/mol. The molecule has 1 fully saturated rings. The number of amides is 3. The molecule has 1 N–H and O–H groups in total. The van der Waals surface area contributed by atoms with E-state index in [4.69, 9.17) is 11.6 Å². The Hall–Kier alpha value is -1.75. The Morgan fingerprint density at radius 2 is 1.95 bits per heavy atom. The van der Waals surface area contributed by atoms with Crippen LogP contribution in [0.25, 0.3) is 0 Å². The highest BCUT2D eigenvalue weighted by molar-refractivity contribution is 6.30. The van der Waals surface area contributed by atoms with Crippen molar-refractivity contribution in [1.82, 2.24) is 9.80 Å². The summed E-state index contributed by atoms with van der Waals surface area (Å²) in [5, 5.41) is 3.51. The smallest absolute Gasteiger partial charge is 0.319 e. The van der Waals surface area contributed by atoms with E-state index in [0.29, 0.717) is 18.1 Å². The quantitative estimate of drug-likeness (QED) is 0.913. The van der Waals surface area contributed by atoms with Gasteiger partial charge < -0.3 is 15.1 Å². The summed E-state index contributed by atoms with van der Waals surface area (Å²) in [7, 11) is 3.44. The highest BCUT2D eigenvalue weighted by Gasteiger charge is 2.29. The third-order valence-corrected chi connectivity index (χ3v) is 3.81. The van der Waals surface area contributed by atoms with Gasteiger partial charge in [-0.25, -0.2) is 4.79 Å². The summed E-state index contributed by atoms with van der Waals surface area (Å²) in [6, 6.07) is 6.97. The molecular weight excluding hydrogens is 290 g/mol. The first-order valence-electron chi connectivity index (χ1n) is 7.00. The lowest BCUT2D eigenvalue weighted by atomic mass is 9.97. The molecule has 1 aliphatic heterocycles. The molecule has 0 bridgehead atoms. The summed E-state index contributed by atoms with van der Waals surface area (Å²) < 4.78 is 0. The van der Waals surface area contributed by atoms with Crippen LogP contribution in [-0.2, 0) is 4.79 Å². The van der Waals surface area contributed by atoms with Crippen LogP contribution in [0.1, 0.15) is 12.8 Å². The van der Waals surface area contributed by atoms with Crippen molar-refractivity contribution in [3.63, 3.8) is 0 Å². The van der Waals surface area contributed by atoms with Gasteiger partial charge in [-0.15, -0.1) is 0 Å². The number of carbonyl (C=O) groups excluding carboxylic acids is 2. The van der Waals surface area contributed by atoms with Gasteiger partial charge in [0.1, 0.15) is 0 Å². The van der Waals surface area contributed by atoms with E-state index in [9.17, 15) is 9.59 Å². The summed E-state index contributed by atoms with van der Waals surface area (Å²) in [6.45, 7) is 1.18. The third kappa shape index (κ3) is 4.11. The fraction of sp³-hybridized carbons (Fsp3) is 0.467. The maximum Gasteiger partial charge on any atom is 0.319 e. The van der Waals surface area contributed by atoms with Crippen LogP contribution in [0.5, 0.6) is 0 Å². The number of halogens is 1. The summed E-state index contributed by atoms with van der Waals surface area (Å²) in [4.78, 5) is 27.5. The van der Waals surface area contributed by atoms with E-state index in [1.807, 2.05) is 0 Å². The molecule has 114 valence electrons. The van der Waals surface area contributed by atoms with Gasteiger partial charge in [-0.2, -0.15) is 0 Å². The molecule has 1 aromatic carbocycles. The zero-order chi connectivity index (χ0) is 15.4. The minimum absolute atomic E-state index is 0.0426. The SMILES string of the molecule is CN(C)C(=O)N1CCCC(C(=O)Nc2ccc(Cl)cc2)C1. The number of urea groups is 1. The second-order valence-corrected chi connectivity index (χ2v) is 5.89. The molecule has 1 atom stereocenters. The van der Waals surface area contributed by atoms with Gasteiger partial charge in [0.25, 0.3) is 0 Å². The first-order valence-corrected chi connectivity index (χ1v) is 7.38. The highest BCUT2D eigenvalue weighted by Crippen LogP contribution is 2.20. The second-order valence-electron chi connectivity index (χ2n) is 5.46. The lowest BCUT2D eigenvalue weighted by molar-refractivity contribution is -0.121. The standard InChI is InChI=1S/C15H20ClN3O2/c1-18(2)15(21)19-9-3-4-11(10-19)14(20)17-13-7-5-12(16)6-8-13/h5-8,11H,3-4,9-10H2,1-2H3,(H,17,20). The molecule has 21 heavy (non-hydrogen) atoms. The summed E-state index contributed by atoms with van der Waals surface area (Å²) >= 11 is 5.82. The Morgan fingerprint density at radius 3 is 2.57 bits per heavy atom. The fourth-order valence-electron chi connectivity index (χ4n) is 2.43. The Balaban J connectivity index is 1.96. The molecule has 0 spiro atoms. The van der Waals surface area contributed by atoms with Crippen molar-refractivity contribution in [2.45, 2.75) is 12.8 Å². The van der Waals surface area contributed by atoms with Crippen LogP contribution >= 0.6 is 11.6 Å². The molecule has 0 aromatic heterocycles. The van der Waals surface area contributed by atoms with Crippen LogP contribution in [0.15, 0.2) is 24.3 Å². The Labute approximate surface area is 129 Å². The number of rotatable bonds is 2. The number of nitrogens with zero attached hydrogens (tertiary/aromatic N) is 2. The molecule has 1 unspecified atom stereocenters. The summed E-state index contributed by atoms with van der Waals surface area (Å²) in [6.07, 6.45) is 1.65. The lowest BCUT2D eigenvalue weighted by Crippen LogP contribution is -2.47. The number of likely N-dealkylation sites (tertiary alicyclic amines) is 1. The van der Waals surface area contributed by atoms with E-state index in [1.54, 1.807) is 48.2 Å². The maximum atomic E-state index is 12.3. The maximum absolute atomic E-state index is 12.3. The molecule has 5 nitrogen and oxygen atoms in total. The van der Waals surface area contributed by atoms with E-state index in [-0.39, 0.29) is 17.9 Å². The minimum atomic E-state index is -0.168. The van der Waals surface area contributed by atoms with Crippen molar-refractivity contribution in [2.24, 2.45) is 5.92 Å². The first-order chi connectivity index (χ1) is 9.97. The van der Waals surface area contributed by atoms with Crippen molar-refractivity contribution >= 4 is 29.2 Å². The Bertz CT molecular complexity index is 516. The number of hydrogen-bond acceptors (Lipinski definition) is 2. The molecule has 6 heteroatoms. The van der Waals surface area contributed by atoms with Gasteiger partial charge in [0, 0.05) is 37.9 Å². The molecule has 1 aliphatic rings. The molecule has 1 aromatic rings. The number of nitrogens with one attached hydrogen (secondary N) is 1. The number of anilines is 1. The van der Waals surface area contributed by atoms with E-state index >= 15 is 0 Å². The number of hydrogen-bond donors (Lipinski definition) is 1. The predicted octanol–water partition coefficient (Wildman–Crippen LogP) is 2.67. The largest absolute Gasteiger partial charge is 0.331 e. The first kappa shape index (κ1) is 15.6. The minimum Gasteiger partial charge on any atom is -0.331 e. The van der Waals surface area contributed by atoms with Crippen molar-refractivity contribution in [1.29, 1.82) is 0 Å². The average molecular weight is 310 g/mol. The van der Waals surface area contributed by atoms with Crippen molar-refractivity contribution in [3.05, 3.63) is 29.3 Å².